The summed E-state index contributed by atoms with van der Waals surface area (Å²) in [5.41, 5.74) is 8.29. The molecule has 138 valence electrons. The van der Waals surface area contributed by atoms with E-state index in [4.69, 9.17) is 0 Å². The Balaban J connectivity index is 1.46. The van der Waals surface area contributed by atoms with Crippen molar-refractivity contribution in [1.82, 2.24) is 20.4 Å². The lowest BCUT2D eigenvalue weighted by molar-refractivity contribution is 0.0848. The molecular formula is C20H20N4O2S. The maximum absolute atomic E-state index is 12.6. The molecule has 0 unspecified atom stereocenters. The minimum atomic E-state index is -0.343. The van der Waals surface area contributed by atoms with Gasteiger partial charge in [0.15, 0.2) is 0 Å². The predicted octanol–water partition coefficient (Wildman–Crippen LogP) is 3.50. The van der Waals surface area contributed by atoms with Crippen LogP contribution < -0.4 is 10.9 Å². The predicted molar refractivity (Wildman–Crippen MR) is 104 cm³/mol. The first-order chi connectivity index (χ1) is 13.0. The number of thiazole rings is 1. The molecule has 0 aliphatic heterocycles. The average molecular weight is 380 g/mol. The smallest absolute Gasteiger partial charge is 0.281 e. The zero-order valence-electron chi connectivity index (χ0n) is 15.2. The first-order valence-corrected chi connectivity index (χ1v) is 9.67. The molecule has 0 saturated heterocycles. The summed E-state index contributed by atoms with van der Waals surface area (Å²) in [6, 6.07) is 11.7. The molecule has 2 N–H and O–H groups in total. The van der Waals surface area contributed by atoms with Crippen molar-refractivity contribution in [3.05, 3.63) is 69.4 Å². The molecule has 1 aliphatic carbocycles. The molecule has 1 saturated carbocycles. The van der Waals surface area contributed by atoms with Crippen LogP contribution in [0.5, 0.6) is 0 Å². The zero-order chi connectivity index (χ0) is 19.0. The summed E-state index contributed by atoms with van der Waals surface area (Å²) in [5.74, 6) is -0.176. The number of aromatic nitrogens is 2. The van der Waals surface area contributed by atoms with Gasteiger partial charge in [-0.3, -0.25) is 20.4 Å². The molecule has 3 aromatic rings. The van der Waals surface area contributed by atoms with E-state index in [-0.39, 0.29) is 11.8 Å². The number of hydrogen-bond acceptors (Lipinski definition) is 4. The summed E-state index contributed by atoms with van der Waals surface area (Å²) >= 11 is 1.39. The molecule has 0 radical (unpaired) electrons. The summed E-state index contributed by atoms with van der Waals surface area (Å²) in [6.45, 7) is 3.84. The van der Waals surface area contributed by atoms with Gasteiger partial charge in [0, 0.05) is 23.0 Å². The molecule has 4 rings (SSSR count). The Hall–Kier alpha value is -2.93. The lowest BCUT2D eigenvalue weighted by atomic mass is 10.2. The Kier molecular flexibility index (Phi) is 4.53. The largest absolute Gasteiger partial charge is 0.318 e. The van der Waals surface area contributed by atoms with E-state index in [0.29, 0.717) is 16.4 Å². The molecule has 0 bridgehead atoms. The van der Waals surface area contributed by atoms with Crippen molar-refractivity contribution in [1.29, 1.82) is 0 Å². The summed E-state index contributed by atoms with van der Waals surface area (Å²) in [6.07, 6.45) is 3.85. The molecule has 1 aliphatic rings. The lowest BCUT2D eigenvalue weighted by Gasteiger charge is -2.10. The molecule has 2 aromatic heterocycles. The highest BCUT2D eigenvalue weighted by atomic mass is 32.1. The van der Waals surface area contributed by atoms with Crippen molar-refractivity contribution >= 4 is 23.2 Å². The van der Waals surface area contributed by atoms with Crippen LogP contribution in [0.25, 0.3) is 5.69 Å². The Morgan fingerprint density at radius 1 is 1.11 bits per heavy atom. The molecular weight excluding hydrogens is 360 g/mol. The standard InChI is InChI=1S/C20H20N4O2S/c1-12-10-16(13(2)24(12)15-6-4-3-5-7-15)18(25)22-23-19(26)17-11-21-20(27-17)14-8-9-14/h3-7,10-11,14H,8-9H2,1-2H3,(H,22,25)(H,23,26). The van der Waals surface area contributed by atoms with Gasteiger partial charge in [0.2, 0.25) is 0 Å². The van der Waals surface area contributed by atoms with Gasteiger partial charge < -0.3 is 4.57 Å². The number of amides is 2. The normalized spacial score (nSPS) is 13.4. The maximum atomic E-state index is 12.6. The summed E-state index contributed by atoms with van der Waals surface area (Å²) in [4.78, 5) is 29.6. The number of hydrazine groups is 1. The highest BCUT2D eigenvalue weighted by Gasteiger charge is 2.27. The van der Waals surface area contributed by atoms with Crippen molar-refractivity contribution in [2.24, 2.45) is 0 Å². The second-order valence-electron chi connectivity index (χ2n) is 6.70. The van der Waals surface area contributed by atoms with Crippen molar-refractivity contribution in [3.8, 4) is 5.69 Å². The van der Waals surface area contributed by atoms with Gasteiger partial charge >= 0.3 is 0 Å². The van der Waals surface area contributed by atoms with Crippen LogP contribution in [0.15, 0.2) is 42.6 Å². The Morgan fingerprint density at radius 2 is 1.81 bits per heavy atom. The van der Waals surface area contributed by atoms with Gasteiger partial charge in [0.1, 0.15) is 4.88 Å². The molecule has 2 heterocycles. The van der Waals surface area contributed by atoms with Crippen molar-refractivity contribution in [3.63, 3.8) is 0 Å². The van der Waals surface area contributed by atoms with Crippen LogP contribution in [0, 0.1) is 13.8 Å². The monoisotopic (exact) mass is 380 g/mol. The van der Waals surface area contributed by atoms with Gasteiger partial charge in [-0.05, 0) is 44.9 Å². The number of nitrogens with zero attached hydrogens (tertiary/aromatic N) is 2. The fourth-order valence-corrected chi connectivity index (χ4v) is 4.10. The quantitative estimate of drug-likeness (QED) is 0.680. The van der Waals surface area contributed by atoms with Gasteiger partial charge in [-0.15, -0.1) is 11.3 Å². The highest BCUT2D eigenvalue weighted by molar-refractivity contribution is 7.13. The Bertz CT molecular complexity index is 1000. The van der Waals surface area contributed by atoms with E-state index in [1.807, 2.05) is 54.8 Å². The van der Waals surface area contributed by atoms with Gasteiger partial charge in [0.25, 0.3) is 11.8 Å². The fraction of sp³-hybridized carbons (Fsp3) is 0.250. The van der Waals surface area contributed by atoms with Gasteiger partial charge in [-0.2, -0.15) is 0 Å². The average Bonchev–Trinajstić information content (AvgIpc) is 3.32. The van der Waals surface area contributed by atoms with Crippen LogP contribution in [-0.2, 0) is 0 Å². The molecule has 6 nitrogen and oxygen atoms in total. The third-order valence-electron chi connectivity index (χ3n) is 4.65. The number of benzene rings is 1. The van der Waals surface area contributed by atoms with Crippen molar-refractivity contribution < 1.29 is 9.59 Å². The van der Waals surface area contributed by atoms with E-state index in [2.05, 4.69) is 15.8 Å². The molecule has 0 spiro atoms. The Labute approximate surface area is 161 Å². The van der Waals surface area contributed by atoms with Crippen LogP contribution in [-0.4, -0.2) is 21.4 Å². The van der Waals surface area contributed by atoms with Crippen molar-refractivity contribution in [2.45, 2.75) is 32.6 Å². The number of nitrogens with one attached hydrogen (secondary N) is 2. The zero-order valence-corrected chi connectivity index (χ0v) is 16.0. The summed E-state index contributed by atoms with van der Waals surface area (Å²) < 4.78 is 2.02. The molecule has 0 atom stereocenters. The molecule has 27 heavy (non-hydrogen) atoms. The van der Waals surface area contributed by atoms with Crippen LogP contribution in [0.4, 0.5) is 0 Å². The van der Waals surface area contributed by atoms with E-state index in [9.17, 15) is 9.59 Å². The first-order valence-electron chi connectivity index (χ1n) is 8.85. The minimum Gasteiger partial charge on any atom is -0.318 e. The van der Waals surface area contributed by atoms with Crippen molar-refractivity contribution in [2.75, 3.05) is 0 Å². The minimum absolute atomic E-state index is 0.342. The van der Waals surface area contributed by atoms with Gasteiger partial charge in [0.05, 0.1) is 16.8 Å². The number of rotatable bonds is 4. The van der Waals surface area contributed by atoms with Gasteiger partial charge in [-0.25, -0.2) is 4.98 Å². The molecule has 1 aromatic carbocycles. The number of para-hydroxylation sites is 1. The van der Waals surface area contributed by atoms with E-state index < -0.39 is 0 Å². The van der Waals surface area contributed by atoms with Crippen LogP contribution in [0.3, 0.4) is 0 Å². The third-order valence-corrected chi connectivity index (χ3v) is 5.81. The second kappa shape index (κ2) is 7.00. The topological polar surface area (TPSA) is 76.0 Å². The first kappa shape index (κ1) is 17.5. The molecule has 7 heteroatoms. The summed E-state index contributed by atoms with van der Waals surface area (Å²) in [7, 11) is 0. The van der Waals surface area contributed by atoms with Crippen LogP contribution >= 0.6 is 11.3 Å². The van der Waals surface area contributed by atoms with E-state index in [1.165, 1.54) is 11.3 Å². The SMILES string of the molecule is Cc1cc(C(=O)NNC(=O)c2cnc(C3CC3)s2)c(C)n1-c1ccccc1. The number of hydrogen-bond donors (Lipinski definition) is 2. The summed E-state index contributed by atoms with van der Waals surface area (Å²) in [5, 5.41) is 0.998. The fourth-order valence-electron chi connectivity index (χ4n) is 3.12. The maximum Gasteiger partial charge on any atom is 0.281 e. The second-order valence-corrected chi connectivity index (χ2v) is 7.76. The van der Waals surface area contributed by atoms with E-state index in [0.717, 1.165) is 34.9 Å². The molecule has 2 amide bonds. The van der Waals surface area contributed by atoms with Crippen LogP contribution in [0.2, 0.25) is 0 Å². The highest BCUT2D eigenvalue weighted by Crippen LogP contribution is 2.41. The Morgan fingerprint density at radius 3 is 2.52 bits per heavy atom. The van der Waals surface area contributed by atoms with E-state index >= 15 is 0 Å². The number of aryl methyl sites for hydroxylation is 1. The number of carbonyl (C=O) groups is 2. The van der Waals surface area contributed by atoms with Gasteiger partial charge in [-0.1, -0.05) is 18.2 Å². The third kappa shape index (κ3) is 3.50. The van der Waals surface area contributed by atoms with Crippen LogP contribution in [0.1, 0.15) is 55.2 Å². The van der Waals surface area contributed by atoms with E-state index in [1.54, 1.807) is 6.20 Å². The lowest BCUT2D eigenvalue weighted by Crippen LogP contribution is -2.41. The molecule has 1 fully saturated rings. The number of carbonyl (C=O) groups excluding carboxylic acids is 2.